The monoisotopic (exact) mass is 337 g/mol. The summed E-state index contributed by atoms with van der Waals surface area (Å²) in [6.45, 7) is 8.07. The second-order valence-corrected chi connectivity index (χ2v) is 7.88. The SMILES string of the molecule is CC(C)CC[C@H](C)NC(=O)CN1C(=O)N[C@@]2(CCCC[C@@H]2C)C1=O. The third-order valence-electron chi connectivity index (χ3n) is 5.39. The topological polar surface area (TPSA) is 78.5 Å². The molecule has 2 aliphatic rings. The number of imide groups is 1. The van der Waals surface area contributed by atoms with Gasteiger partial charge in [0.25, 0.3) is 5.91 Å². The maximum Gasteiger partial charge on any atom is 0.325 e. The van der Waals surface area contributed by atoms with Crippen molar-refractivity contribution >= 4 is 17.8 Å². The molecular weight excluding hydrogens is 306 g/mol. The molecule has 0 aromatic rings. The molecule has 2 N–H and O–H groups in total. The fourth-order valence-electron chi connectivity index (χ4n) is 3.76. The number of nitrogens with one attached hydrogen (secondary N) is 2. The maximum absolute atomic E-state index is 12.8. The normalized spacial score (nSPS) is 28.4. The van der Waals surface area contributed by atoms with E-state index in [-0.39, 0.29) is 30.3 Å². The largest absolute Gasteiger partial charge is 0.352 e. The van der Waals surface area contributed by atoms with E-state index >= 15 is 0 Å². The molecule has 0 aromatic carbocycles. The second-order valence-electron chi connectivity index (χ2n) is 7.88. The summed E-state index contributed by atoms with van der Waals surface area (Å²) in [5.41, 5.74) is -0.793. The highest BCUT2D eigenvalue weighted by Gasteiger charge is 2.55. The highest BCUT2D eigenvalue weighted by Crippen LogP contribution is 2.38. The van der Waals surface area contributed by atoms with Crippen LogP contribution in [-0.2, 0) is 9.59 Å². The molecule has 1 aliphatic carbocycles. The standard InChI is InChI=1S/C18H31N3O3/c1-12(2)8-9-14(4)19-15(22)11-21-16(23)18(20-17(21)24)10-6-5-7-13(18)3/h12-14H,5-11H2,1-4H3,(H,19,22)(H,20,24)/t13-,14-,18+/m0/s1. The summed E-state index contributed by atoms with van der Waals surface area (Å²) in [4.78, 5) is 38.4. The van der Waals surface area contributed by atoms with E-state index in [0.29, 0.717) is 12.3 Å². The number of hydrogen-bond donors (Lipinski definition) is 2. The van der Waals surface area contributed by atoms with Crippen molar-refractivity contribution in [3.63, 3.8) is 0 Å². The van der Waals surface area contributed by atoms with Gasteiger partial charge in [-0.3, -0.25) is 14.5 Å². The molecule has 2 rings (SSSR count). The van der Waals surface area contributed by atoms with Gasteiger partial charge in [-0.1, -0.05) is 33.6 Å². The van der Waals surface area contributed by atoms with Gasteiger partial charge in [0.1, 0.15) is 12.1 Å². The third-order valence-corrected chi connectivity index (χ3v) is 5.39. The highest BCUT2D eigenvalue weighted by molar-refractivity contribution is 6.09. The smallest absolute Gasteiger partial charge is 0.325 e. The van der Waals surface area contributed by atoms with E-state index < -0.39 is 11.6 Å². The first-order valence-corrected chi connectivity index (χ1v) is 9.19. The number of urea groups is 1. The van der Waals surface area contributed by atoms with E-state index in [1.165, 1.54) is 0 Å². The summed E-state index contributed by atoms with van der Waals surface area (Å²) >= 11 is 0. The molecule has 1 heterocycles. The number of carbonyl (C=O) groups is 3. The summed E-state index contributed by atoms with van der Waals surface area (Å²) in [7, 11) is 0. The van der Waals surface area contributed by atoms with Gasteiger partial charge in [0.15, 0.2) is 0 Å². The summed E-state index contributed by atoms with van der Waals surface area (Å²) < 4.78 is 0. The minimum Gasteiger partial charge on any atom is -0.352 e. The average molecular weight is 337 g/mol. The zero-order valence-corrected chi connectivity index (χ0v) is 15.4. The van der Waals surface area contributed by atoms with Crippen LogP contribution in [0, 0.1) is 11.8 Å². The first-order chi connectivity index (χ1) is 11.3. The van der Waals surface area contributed by atoms with E-state index in [1.54, 1.807) is 0 Å². The van der Waals surface area contributed by atoms with Gasteiger partial charge in [-0.05, 0) is 44.4 Å². The number of carbonyl (C=O) groups excluding carboxylic acids is 3. The highest BCUT2D eigenvalue weighted by atomic mass is 16.2. The first kappa shape index (κ1) is 18.7. The summed E-state index contributed by atoms with van der Waals surface area (Å²) in [5, 5.41) is 5.77. The minimum atomic E-state index is -0.793. The summed E-state index contributed by atoms with van der Waals surface area (Å²) in [6.07, 6.45) is 5.54. The van der Waals surface area contributed by atoms with E-state index in [1.807, 2.05) is 13.8 Å². The van der Waals surface area contributed by atoms with Crippen molar-refractivity contribution in [2.45, 2.75) is 77.8 Å². The Bertz CT molecular complexity index is 506. The van der Waals surface area contributed by atoms with E-state index in [0.717, 1.165) is 37.0 Å². The molecule has 6 heteroatoms. The van der Waals surface area contributed by atoms with Crippen molar-refractivity contribution in [3.05, 3.63) is 0 Å². The molecule has 4 amide bonds. The van der Waals surface area contributed by atoms with E-state index in [4.69, 9.17) is 0 Å². The lowest BCUT2D eigenvalue weighted by molar-refractivity contribution is -0.137. The zero-order chi connectivity index (χ0) is 17.9. The van der Waals surface area contributed by atoms with Gasteiger partial charge in [0.05, 0.1) is 0 Å². The Kier molecular flexibility index (Phi) is 5.88. The Morgan fingerprint density at radius 2 is 2.00 bits per heavy atom. The van der Waals surface area contributed by atoms with Crippen molar-refractivity contribution in [2.75, 3.05) is 6.54 Å². The first-order valence-electron chi connectivity index (χ1n) is 9.19. The lowest BCUT2D eigenvalue weighted by Crippen LogP contribution is -2.54. The van der Waals surface area contributed by atoms with Gasteiger partial charge in [-0.25, -0.2) is 4.79 Å². The van der Waals surface area contributed by atoms with Gasteiger partial charge >= 0.3 is 6.03 Å². The van der Waals surface area contributed by atoms with Crippen molar-refractivity contribution in [1.82, 2.24) is 15.5 Å². The van der Waals surface area contributed by atoms with Crippen molar-refractivity contribution in [1.29, 1.82) is 0 Å². The minimum absolute atomic E-state index is 0.0447. The van der Waals surface area contributed by atoms with Crippen LogP contribution in [0.15, 0.2) is 0 Å². The molecule has 1 saturated heterocycles. The predicted octanol–water partition coefficient (Wildman–Crippen LogP) is 2.43. The van der Waals surface area contributed by atoms with Crippen molar-refractivity contribution in [3.8, 4) is 0 Å². The van der Waals surface area contributed by atoms with E-state index in [2.05, 4.69) is 24.5 Å². The molecule has 0 aromatic heterocycles. The molecule has 0 radical (unpaired) electrons. The second kappa shape index (κ2) is 7.53. The van der Waals surface area contributed by atoms with Crippen LogP contribution in [0.5, 0.6) is 0 Å². The summed E-state index contributed by atoms with van der Waals surface area (Å²) in [5.74, 6) is 0.198. The Hall–Kier alpha value is -1.59. The summed E-state index contributed by atoms with van der Waals surface area (Å²) in [6, 6.07) is -0.387. The van der Waals surface area contributed by atoms with Crippen LogP contribution < -0.4 is 10.6 Å². The Labute approximate surface area is 144 Å². The van der Waals surface area contributed by atoms with Crippen LogP contribution in [0.25, 0.3) is 0 Å². The van der Waals surface area contributed by atoms with Gasteiger partial charge in [0.2, 0.25) is 5.91 Å². The van der Waals surface area contributed by atoms with Crippen LogP contribution in [0.2, 0.25) is 0 Å². The van der Waals surface area contributed by atoms with Crippen LogP contribution >= 0.6 is 0 Å². The number of amides is 4. The fraction of sp³-hybridized carbons (Fsp3) is 0.833. The predicted molar refractivity (Wildman–Crippen MR) is 92.3 cm³/mol. The van der Waals surface area contributed by atoms with Crippen LogP contribution in [0.1, 0.15) is 66.2 Å². The fourth-order valence-corrected chi connectivity index (χ4v) is 3.76. The van der Waals surface area contributed by atoms with Gasteiger partial charge in [-0.2, -0.15) is 0 Å². The lowest BCUT2D eigenvalue weighted by Gasteiger charge is -2.36. The Balaban J connectivity index is 1.93. The molecule has 3 atom stereocenters. The Morgan fingerprint density at radius 3 is 2.62 bits per heavy atom. The third kappa shape index (κ3) is 3.90. The number of hydrogen-bond acceptors (Lipinski definition) is 3. The molecule has 136 valence electrons. The van der Waals surface area contributed by atoms with Crippen molar-refractivity contribution in [2.24, 2.45) is 11.8 Å². The molecular formula is C18H31N3O3. The average Bonchev–Trinajstić information content (AvgIpc) is 2.73. The van der Waals surface area contributed by atoms with Crippen molar-refractivity contribution < 1.29 is 14.4 Å². The number of nitrogens with zero attached hydrogens (tertiary/aromatic N) is 1. The molecule has 1 aliphatic heterocycles. The molecule has 1 spiro atoms. The van der Waals surface area contributed by atoms with Gasteiger partial charge < -0.3 is 10.6 Å². The van der Waals surface area contributed by atoms with Gasteiger partial charge in [0, 0.05) is 6.04 Å². The molecule has 2 fully saturated rings. The number of rotatable bonds is 6. The molecule has 1 saturated carbocycles. The van der Waals surface area contributed by atoms with E-state index in [9.17, 15) is 14.4 Å². The van der Waals surface area contributed by atoms with Crippen LogP contribution in [-0.4, -0.2) is 40.9 Å². The molecule has 6 nitrogen and oxygen atoms in total. The Morgan fingerprint density at radius 1 is 1.29 bits per heavy atom. The lowest BCUT2D eigenvalue weighted by atomic mass is 9.73. The molecule has 24 heavy (non-hydrogen) atoms. The van der Waals surface area contributed by atoms with Crippen LogP contribution in [0.4, 0.5) is 4.79 Å². The van der Waals surface area contributed by atoms with Crippen LogP contribution in [0.3, 0.4) is 0 Å². The van der Waals surface area contributed by atoms with Gasteiger partial charge in [-0.15, -0.1) is 0 Å². The molecule has 0 bridgehead atoms. The molecule has 0 unspecified atom stereocenters. The zero-order valence-electron chi connectivity index (χ0n) is 15.4. The quantitative estimate of drug-likeness (QED) is 0.731. The maximum atomic E-state index is 12.8.